The van der Waals surface area contributed by atoms with Crippen LogP contribution in [0, 0.1) is 11.6 Å². The number of urea groups is 2. The molecule has 4 saturated heterocycles. The van der Waals surface area contributed by atoms with Gasteiger partial charge in [-0.05, 0) is 84.8 Å². The highest BCUT2D eigenvalue weighted by atomic mass is 35.5. The number of primary amides is 1. The molecule has 0 bridgehead atoms. The highest BCUT2D eigenvalue weighted by Crippen LogP contribution is 2.40. The van der Waals surface area contributed by atoms with Gasteiger partial charge in [-0.2, -0.15) is 0 Å². The summed E-state index contributed by atoms with van der Waals surface area (Å²) < 4.78 is 53.1. The van der Waals surface area contributed by atoms with Gasteiger partial charge in [0.15, 0.2) is 21.7 Å². The third-order valence-corrected chi connectivity index (χ3v) is 19.7. The van der Waals surface area contributed by atoms with E-state index in [0.29, 0.717) is 123 Å². The van der Waals surface area contributed by atoms with Crippen LogP contribution in [0.15, 0.2) is 141 Å². The topological polar surface area (TPSA) is 253 Å². The van der Waals surface area contributed by atoms with Crippen LogP contribution in [0.25, 0.3) is 0 Å². The van der Waals surface area contributed by atoms with E-state index < -0.39 is 45.4 Å². The first-order valence-corrected chi connectivity index (χ1v) is 34.5. The van der Waals surface area contributed by atoms with Gasteiger partial charge < -0.3 is 35.6 Å². The molecule has 6 aliphatic heterocycles. The van der Waals surface area contributed by atoms with Crippen LogP contribution in [-0.2, 0) is 46.4 Å². The molecule has 1 unspecified atom stereocenters. The zero-order valence-electron chi connectivity index (χ0n) is 51.1. The van der Waals surface area contributed by atoms with Gasteiger partial charge in [-0.1, -0.05) is 59.6 Å². The van der Waals surface area contributed by atoms with Crippen molar-refractivity contribution >= 4 is 114 Å². The lowest BCUT2D eigenvalue weighted by atomic mass is 9.95. The molecule has 6 aliphatic rings. The first-order chi connectivity index (χ1) is 44.7. The number of nitrogens with two attached hydrogens (primary N) is 1. The van der Waals surface area contributed by atoms with E-state index in [1.54, 1.807) is 23.5 Å². The summed E-state index contributed by atoms with van der Waals surface area (Å²) in [4.78, 5) is 94.8. The summed E-state index contributed by atoms with van der Waals surface area (Å²) >= 11 is 15.8. The van der Waals surface area contributed by atoms with E-state index >= 15 is 0 Å². The summed E-state index contributed by atoms with van der Waals surface area (Å²) in [5, 5.41) is 11.9. The van der Waals surface area contributed by atoms with Gasteiger partial charge in [-0.15, -0.1) is 22.7 Å². The number of aryl methyl sites for hydroxylation is 2. The molecular weight excluding hydrogens is 1300 g/mol. The molecule has 93 heavy (non-hydrogen) atoms. The zero-order valence-corrected chi connectivity index (χ0v) is 55.0. The molecule has 0 aliphatic carbocycles. The van der Waals surface area contributed by atoms with Crippen LogP contribution >= 0.6 is 45.9 Å². The number of hydrogen-bond acceptors (Lipinski definition) is 18. The van der Waals surface area contributed by atoms with Crippen molar-refractivity contribution in [2.24, 2.45) is 15.7 Å². The fourth-order valence-electron chi connectivity index (χ4n) is 12.2. The van der Waals surface area contributed by atoms with Gasteiger partial charge in [-0.25, -0.2) is 42.6 Å². The number of anilines is 2. The van der Waals surface area contributed by atoms with Crippen molar-refractivity contribution in [2.45, 2.75) is 49.9 Å². The largest absolute Gasteiger partial charge is 0.466 e. The minimum absolute atomic E-state index is 0.0285. The van der Waals surface area contributed by atoms with Gasteiger partial charge in [0.05, 0.1) is 37.4 Å². The molecule has 22 nitrogen and oxygen atoms in total. The Kier molecular flexibility index (Phi) is 20.7. The molecule has 12 rings (SSSR count). The van der Waals surface area contributed by atoms with Gasteiger partial charge in [0.2, 0.25) is 5.91 Å². The maximum Gasteiger partial charge on any atom is 0.338 e. The number of aromatic nitrogens is 2. The monoisotopic (exact) mass is 1360 g/mol. The lowest BCUT2D eigenvalue weighted by molar-refractivity contribution is -0.137. The molecule has 29 heteroatoms. The highest BCUT2D eigenvalue weighted by Gasteiger charge is 2.45. The van der Waals surface area contributed by atoms with Crippen molar-refractivity contribution in [3.63, 3.8) is 0 Å². The summed E-state index contributed by atoms with van der Waals surface area (Å²) in [6, 6.07) is 21.8. The average Bonchev–Trinajstić information content (AvgIpc) is 1.53. The number of amides is 5. The summed E-state index contributed by atoms with van der Waals surface area (Å²) in [7, 11) is 0.400. The maximum absolute atomic E-state index is 14.0. The molecule has 6 aromatic rings. The number of hydrogen-bond donors (Lipinski definition) is 4. The zero-order chi connectivity index (χ0) is 65.7. The van der Waals surface area contributed by atoms with Crippen LogP contribution in [0.2, 0.25) is 10.0 Å². The van der Waals surface area contributed by atoms with E-state index in [0.717, 1.165) is 35.3 Å². The Hall–Kier alpha value is -8.15. The third-order valence-electron chi connectivity index (χ3n) is 16.7. The van der Waals surface area contributed by atoms with E-state index in [2.05, 4.69) is 41.0 Å². The number of nitrogens with zero attached hydrogens (tertiary/aromatic N) is 10. The van der Waals surface area contributed by atoms with Gasteiger partial charge in [0.1, 0.15) is 23.7 Å². The Morgan fingerprint density at radius 2 is 1.12 bits per heavy atom. The number of esters is 2. The molecule has 5 amide bonds. The number of ether oxygens (including phenoxy) is 2. The van der Waals surface area contributed by atoms with Crippen LogP contribution in [0.4, 0.5) is 29.7 Å². The number of carbonyl (C=O) groups is 5. The van der Waals surface area contributed by atoms with Crippen molar-refractivity contribution < 1.29 is 46.4 Å². The fraction of sp³-hybridized carbons (Fsp3) is 0.344. The Morgan fingerprint density at radius 1 is 0.677 bits per heavy atom. The number of methoxy groups -OCH3 is 2. The number of piperazine rings is 2. The van der Waals surface area contributed by atoms with Gasteiger partial charge in [0.25, 0.3) is 0 Å². The molecule has 5 atom stereocenters. The first kappa shape index (κ1) is 66.3. The fourth-order valence-corrected chi connectivity index (χ4v) is 14.5. The van der Waals surface area contributed by atoms with Crippen molar-refractivity contribution in [3.05, 3.63) is 185 Å². The van der Waals surface area contributed by atoms with Crippen molar-refractivity contribution in [1.82, 2.24) is 44.9 Å². The Balaban J connectivity index is 0.000000191. The second-order valence-electron chi connectivity index (χ2n) is 23.0. The molecule has 0 saturated carbocycles. The van der Waals surface area contributed by atoms with E-state index in [9.17, 15) is 37.0 Å². The van der Waals surface area contributed by atoms with Crippen molar-refractivity contribution in [1.29, 1.82) is 0 Å². The Bertz CT molecular complexity index is 4050. The van der Waals surface area contributed by atoms with Crippen molar-refractivity contribution in [2.75, 3.05) is 102 Å². The Morgan fingerprint density at radius 3 is 1.51 bits per heavy atom. The summed E-state index contributed by atoms with van der Waals surface area (Å²) in [6.45, 7) is 5.72. The minimum atomic E-state index is -2.21. The predicted molar refractivity (Wildman–Crippen MR) is 357 cm³/mol. The molecular formula is C64H68Cl2F2N14O8S3. The number of carbonyl (C=O) groups excluding carboxylic acids is 5. The SMILES string of the molecule is C=S(C)(=O)NCCCc1ccc(N2C[C@@H]3CN(CC4=C(C(=O)OC)[C@H](c5ccc(F)cc5Cl)N=C(c5nccs5)N4)CCN3C2=O)cc1.COC(=O)C1=C(CN2CCN3C(=O)N(c4ccc(CCC(N)=O)cc4)C[C@@H]3C2)NC(c2nccs2)=N[C@H]1c1ccc(F)cc1Cl. The smallest absolute Gasteiger partial charge is 0.338 e. The number of nitrogens with one attached hydrogen (secondary N) is 3. The van der Waals surface area contributed by atoms with E-state index in [1.165, 1.54) is 73.3 Å². The van der Waals surface area contributed by atoms with E-state index in [1.807, 2.05) is 74.0 Å². The maximum atomic E-state index is 14.0. The summed E-state index contributed by atoms with van der Waals surface area (Å²) in [6.07, 6.45) is 7.39. The van der Waals surface area contributed by atoms with E-state index in [4.69, 9.17) is 48.4 Å². The third kappa shape index (κ3) is 15.4. The number of aliphatic imine (C=N–C) groups is 2. The standard InChI is InChI=1S/C33H37ClFN7O4S2.C31H31ClFN7O4S/c1-46-32(43)28-27(38-30(31-36-13-16-47-31)39-29(28)25-11-8-22(35)17-26(25)34)20-40-14-15-41-24(18-40)19-42(33(41)44)23-9-6-21(7-10-23)5-4-12-37-48(2,3)45;1-44-30(42)26-24(36-28(29-35-10-13-45-29)37-27(26)22-8-5-19(33)14-23(22)32)17-38-11-12-39-21(15-38)16-40(31(39)43)20-6-2-18(3-7-20)4-9-25(34)41/h6-11,13,16-17,24,29H,2,4-5,12,14-15,18-20H2,1,3H3,(H,37,45)(H,38,39);2-3,5-8,10,13-14,21,27H,4,9,11-12,15-17H2,1H3,(H2,34,41)(H,36,37)/t24-,29-,48?;21-,27-/m00/s1. The van der Waals surface area contributed by atoms with Crippen LogP contribution in [0.3, 0.4) is 0 Å². The van der Waals surface area contributed by atoms with Gasteiger partial charge in [0, 0.05) is 161 Å². The number of fused-ring (bicyclic) bond motifs is 2. The van der Waals surface area contributed by atoms with Crippen LogP contribution in [0.1, 0.15) is 57.2 Å². The number of amidine groups is 2. The quantitative estimate of drug-likeness (QED) is 0.0331. The van der Waals surface area contributed by atoms with Crippen LogP contribution < -0.4 is 30.9 Å². The molecule has 4 aromatic carbocycles. The molecule has 5 N–H and O–H groups in total. The predicted octanol–water partition coefficient (Wildman–Crippen LogP) is 7.36. The molecule has 4 fully saturated rings. The van der Waals surface area contributed by atoms with Crippen LogP contribution in [-0.4, -0.2) is 186 Å². The average molecular weight is 1370 g/mol. The number of halogens is 4. The lowest BCUT2D eigenvalue weighted by Crippen LogP contribution is -2.53. The van der Waals surface area contributed by atoms with Crippen molar-refractivity contribution in [3.8, 4) is 0 Å². The number of thiazole rings is 2. The molecule has 8 heterocycles. The Labute approximate surface area is 554 Å². The number of rotatable bonds is 20. The normalized spacial score (nSPS) is 20.6. The molecule has 2 aromatic heterocycles. The molecule has 0 radical (unpaired) electrons. The highest BCUT2D eigenvalue weighted by molar-refractivity contribution is 7.97. The number of benzene rings is 4. The van der Waals surface area contributed by atoms with E-state index in [-0.39, 0.29) is 57.7 Å². The molecule has 0 spiro atoms. The first-order valence-electron chi connectivity index (χ1n) is 29.9. The second kappa shape index (κ2) is 29.0. The second-order valence-corrected chi connectivity index (χ2v) is 27.9. The van der Waals surface area contributed by atoms with Gasteiger partial charge in [-0.3, -0.25) is 38.6 Å². The molecule has 488 valence electrons. The lowest BCUT2D eigenvalue weighted by Gasteiger charge is -2.38. The minimum Gasteiger partial charge on any atom is -0.466 e. The van der Waals surface area contributed by atoms with Crippen LogP contribution in [0.5, 0.6) is 0 Å². The summed E-state index contributed by atoms with van der Waals surface area (Å²) in [5.41, 5.74) is 11.7. The summed E-state index contributed by atoms with van der Waals surface area (Å²) in [5.74, 6) is 2.07. The van der Waals surface area contributed by atoms with Gasteiger partial charge >= 0.3 is 24.0 Å².